The molecule has 0 saturated carbocycles. The Morgan fingerprint density at radius 2 is 1.88 bits per heavy atom. The van der Waals surface area contributed by atoms with Crippen LogP contribution in [0.15, 0.2) is 42.5 Å². The number of carbonyl (C=O) groups excluding carboxylic acids is 2. The molecule has 0 aliphatic carbocycles. The number of nitrogens with zero attached hydrogens (tertiary/aromatic N) is 1. The lowest BCUT2D eigenvalue weighted by Crippen LogP contribution is -2.45. The van der Waals surface area contributed by atoms with Crippen molar-refractivity contribution < 1.29 is 14.7 Å². The summed E-state index contributed by atoms with van der Waals surface area (Å²) in [5.74, 6) is -0.356. The summed E-state index contributed by atoms with van der Waals surface area (Å²) in [5.41, 5.74) is 7.26. The summed E-state index contributed by atoms with van der Waals surface area (Å²) in [7, 11) is 0. The smallest absolute Gasteiger partial charge is 0.254 e. The lowest BCUT2D eigenvalue weighted by molar-refractivity contribution is -0.119. The van der Waals surface area contributed by atoms with E-state index in [9.17, 15) is 14.7 Å². The molecule has 0 spiro atoms. The molecule has 2 aromatic rings. The minimum absolute atomic E-state index is 0.0992. The van der Waals surface area contributed by atoms with Crippen molar-refractivity contribution in [3.63, 3.8) is 0 Å². The number of rotatable bonds is 4. The molecule has 3 rings (SSSR count). The Morgan fingerprint density at radius 1 is 1.15 bits per heavy atom. The summed E-state index contributed by atoms with van der Waals surface area (Å²) in [6.45, 7) is 0.633. The van der Waals surface area contributed by atoms with E-state index in [2.05, 4.69) is 0 Å². The molecule has 5 nitrogen and oxygen atoms in total. The zero-order valence-corrected chi connectivity index (χ0v) is 15.1. The minimum Gasteiger partial charge on any atom is -0.507 e. The molecule has 1 heterocycles. The number of hydrogen-bond acceptors (Lipinski definition) is 3. The second-order valence-electron chi connectivity index (χ2n) is 6.56. The molecule has 1 atom stereocenters. The van der Waals surface area contributed by atoms with E-state index in [1.54, 1.807) is 47.4 Å². The van der Waals surface area contributed by atoms with Gasteiger partial charge in [-0.2, -0.15) is 0 Å². The summed E-state index contributed by atoms with van der Waals surface area (Å²) < 4.78 is 0. The van der Waals surface area contributed by atoms with E-state index in [-0.39, 0.29) is 30.0 Å². The number of primary amides is 1. The van der Waals surface area contributed by atoms with Crippen LogP contribution in [0.3, 0.4) is 0 Å². The Morgan fingerprint density at radius 3 is 2.58 bits per heavy atom. The van der Waals surface area contributed by atoms with E-state index in [1.807, 2.05) is 0 Å². The van der Waals surface area contributed by atoms with Crippen molar-refractivity contribution in [3.05, 3.63) is 53.1 Å². The van der Waals surface area contributed by atoms with Crippen LogP contribution in [-0.2, 0) is 4.79 Å². The number of amides is 2. The van der Waals surface area contributed by atoms with Crippen molar-refractivity contribution in [2.24, 2.45) is 5.73 Å². The van der Waals surface area contributed by atoms with E-state index >= 15 is 0 Å². The van der Waals surface area contributed by atoms with Gasteiger partial charge in [0, 0.05) is 35.2 Å². The van der Waals surface area contributed by atoms with Gasteiger partial charge in [-0.1, -0.05) is 23.7 Å². The average Bonchev–Trinajstić information content (AvgIpc) is 2.63. The number of phenolic OH excluding ortho intramolecular Hbond substituents is 1. The molecule has 2 aromatic carbocycles. The van der Waals surface area contributed by atoms with Gasteiger partial charge in [-0.3, -0.25) is 9.59 Å². The molecular formula is C20H21ClN2O3. The number of benzene rings is 2. The molecule has 0 radical (unpaired) electrons. The van der Waals surface area contributed by atoms with Crippen LogP contribution in [0.2, 0.25) is 5.02 Å². The third-order valence-corrected chi connectivity index (χ3v) is 4.96. The maximum atomic E-state index is 12.9. The molecule has 3 N–H and O–H groups in total. The predicted octanol–water partition coefficient (Wildman–Crippen LogP) is 3.58. The molecule has 136 valence electrons. The zero-order valence-electron chi connectivity index (χ0n) is 14.3. The highest BCUT2D eigenvalue weighted by Gasteiger charge is 2.28. The molecular weight excluding hydrogens is 352 g/mol. The molecule has 26 heavy (non-hydrogen) atoms. The number of hydrogen-bond donors (Lipinski definition) is 2. The fourth-order valence-corrected chi connectivity index (χ4v) is 3.58. The van der Waals surface area contributed by atoms with Gasteiger partial charge in [0.2, 0.25) is 5.91 Å². The van der Waals surface area contributed by atoms with Crippen LogP contribution in [0.5, 0.6) is 5.75 Å². The van der Waals surface area contributed by atoms with Crippen LogP contribution in [0.25, 0.3) is 11.1 Å². The molecule has 0 aromatic heterocycles. The minimum atomic E-state index is -0.388. The molecule has 1 aliphatic heterocycles. The van der Waals surface area contributed by atoms with Gasteiger partial charge in [0.25, 0.3) is 5.91 Å². The van der Waals surface area contributed by atoms with Gasteiger partial charge in [0.15, 0.2) is 0 Å². The first-order chi connectivity index (χ1) is 12.5. The van der Waals surface area contributed by atoms with Crippen molar-refractivity contribution >= 4 is 23.4 Å². The maximum Gasteiger partial charge on any atom is 0.254 e. The van der Waals surface area contributed by atoms with Gasteiger partial charge >= 0.3 is 0 Å². The number of nitrogens with two attached hydrogens (primary N) is 1. The van der Waals surface area contributed by atoms with E-state index in [4.69, 9.17) is 17.3 Å². The number of piperidine rings is 1. The highest BCUT2D eigenvalue weighted by Crippen LogP contribution is 2.32. The Balaban J connectivity index is 1.82. The fourth-order valence-electron chi connectivity index (χ4n) is 3.41. The second kappa shape index (κ2) is 7.79. The van der Waals surface area contributed by atoms with E-state index in [1.165, 1.54) is 0 Å². The van der Waals surface area contributed by atoms with Crippen LogP contribution >= 0.6 is 11.6 Å². The van der Waals surface area contributed by atoms with Crippen molar-refractivity contribution in [1.29, 1.82) is 0 Å². The van der Waals surface area contributed by atoms with Gasteiger partial charge in [0.1, 0.15) is 5.75 Å². The summed E-state index contributed by atoms with van der Waals surface area (Å²) >= 11 is 6.00. The monoisotopic (exact) mass is 372 g/mol. The van der Waals surface area contributed by atoms with Crippen molar-refractivity contribution in [2.75, 3.05) is 6.54 Å². The quantitative estimate of drug-likeness (QED) is 0.860. The SMILES string of the molecule is NC(=O)C[C@H]1CCCCN1C(=O)c1ccc(-c2cc(Cl)ccc2O)cc1. The number of phenols is 1. The average molecular weight is 373 g/mol. The van der Waals surface area contributed by atoms with Crippen LogP contribution in [0.1, 0.15) is 36.0 Å². The molecule has 1 saturated heterocycles. The highest BCUT2D eigenvalue weighted by atomic mass is 35.5. The molecule has 0 bridgehead atoms. The summed E-state index contributed by atoms with van der Waals surface area (Å²) in [5, 5.41) is 10.5. The number of carbonyl (C=O) groups is 2. The number of likely N-dealkylation sites (tertiary alicyclic amines) is 1. The zero-order chi connectivity index (χ0) is 18.7. The molecule has 6 heteroatoms. The Labute approximate surface area is 157 Å². The number of aromatic hydroxyl groups is 1. The third kappa shape index (κ3) is 3.99. The molecule has 1 fully saturated rings. The first-order valence-corrected chi connectivity index (χ1v) is 9.01. The first kappa shape index (κ1) is 18.3. The van der Waals surface area contributed by atoms with Gasteiger partial charge in [-0.15, -0.1) is 0 Å². The molecule has 0 unspecified atom stereocenters. The van der Waals surface area contributed by atoms with Gasteiger partial charge < -0.3 is 15.7 Å². The largest absolute Gasteiger partial charge is 0.507 e. The molecule has 1 aliphatic rings. The third-order valence-electron chi connectivity index (χ3n) is 4.73. The Kier molecular flexibility index (Phi) is 5.47. The fraction of sp³-hybridized carbons (Fsp3) is 0.300. The van der Waals surface area contributed by atoms with Crippen LogP contribution < -0.4 is 5.73 Å². The number of halogens is 1. The normalized spacial score (nSPS) is 17.1. The topological polar surface area (TPSA) is 83.6 Å². The molecule has 2 amide bonds. The van der Waals surface area contributed by atoms with Crippen molar-refractivity contribution in [1.82, 2.24) is 4.90 Å². The van der Waals surface area contributed by atoms with Gasteiger partial charge in [-0.05, 0) is 55.2 Å². The van der Waals surface area contributed by atoms with Crippen molar-refractivity contribution in [3.8, 4) is 16.9 Å². The second-order valence-corrected chi connectivity index (χ2v) is 6.99. The summed E-state index contributed by atoms with van der Waals surface area (Å²) in [6, 6.07) is 11.7. The Hall–Kier alpha value is -2.53. The van der Waals surface area contributed by atoms with E-state index in [0.29, 0.717) is 22.7 Å². The van der Waals surface area contributed by atoms with E-state index in [0.717, 1.165) is 24.8 Å². The standard InChI is InChI=1S/C20H21ClN2O3/c21-15-8-9-18(24)17(11-15)13-4-6-14(7-5-13)20(26)23-10-2-1-3-16(23)12-19(22)25/h4-9,11,16,24H,1-3,10,12H2,(H2,22,25)/t16-/m1/s1. The van der Waals surface area contributed by atoms with Gasteiger partial charge in [-0.25, -0.2) is 0 Å². The Bertz CT molecular complexity index is 820. The summed E-state index contributed by atoms with van der Waals surface area (Å²) in [6.07, 6.45) is 2.91. The summed E-state index contributed by atoms with van der Waals surface area (Å²) in [4.78, 5) is 25.9. The van der Waals surface area contributed by atoms with Crippen LogP contribution in [-0.4, -0.2) is 34.4 Å². The first-order valence-electron chi connectivity index (χ1n) is 8.64. The van der Waals surface area contributed by atoms with Gasteiger partial charge in [0.05, 0.1) is 0 Å². The van der Waals surface area contributed by atoms with Crippen molar-refractivity contribution in [2.45, 2.75) is 31.7 Å². The lowest BCUT2D eigenvalue weighted by atomic mass is 9.97. The van der Waals surface area contributed by atoms with E-state index < -0.39 is 0 Å². The van der Waals surface area contributed by atoms with Crippen LogP contribution in [0, 0.1) is 0 Å². The predicted molar refractivity (Wildman–Crippen MR) is 101 cm³/mol. The lowest BCUT2D eigenvalue weighted by Gasteiger charge is -2.35. The maximum absolute atomic E-state index is 12.9. The highest BCUT2D eigenvalue weighted by molar-refractivity contribution is 6.31. The van der Waals surface area contributed by atoms with Crippen LogP contribution in [0.4, 0.5) is 0 Å².